The summed E-state index contributed by atoms with van der Waals surface area (Å²) in [6, 6.07) is 3.42. The van der Waals surface area contributed by atoms with Crippen molar-refractivity contribution in [3.8, 4) is 0 Å². The monoisotopic (exact) mass is 298 g/mol. The molecular weight excluding hydrogens is 284 g/mol. The van der Waals surface area contributed by atoms with E-state index < -0.39 is 11.9 Å². The van der Waals surface area contributed by atoms with Crippen molar-refractivity contribution in [2.24, 2.45) is 0 Å². The van der Waals surface area contributed by atoms with Gasteiger partial charge in [-0.15, -0.1) is 23.1 Å². The molecule has 0 aromatic carbocycles. The number of hydrogen-bond donors (Lipinski definition) is 2. The van der Waals surface area contributed by atoms with Crippen molar-refractivity contribution < 1.29 is 14.4 Å². The van der Waals surface area contributed by atoms with E-state index in [0.29, 0.717) is 12.2 Å². The molecular formula is C12H14N2O3S2. The molecule has 1 aromatic heterocycles. The Labute approximate surface area is 119 Å². The number of thioether (sulfide) groups is 1. The fraction of sp³-hybridized carbons (Fsp3) is 0.417. The van der Waals surface area contributed by atoms with Crippen LogP contribution in [0.25, 0.3) is 0 Å². The van der Waals surface area contributed by atoms with Crippen LogP contribution >= 0.6 is 23.1 Å². The summed E-state index contributed by atoms with van der Waals surface area (Å²) in [5, 5.41) is 6.86. The number of hydrogen-bond acceptors (Lipinski definition) is 5. The summed E-state index contributed by atoms with van der Waals surface area (Å²) in [5.74, 6) is 0.252. The fourth-order valence-electron chi connectivity index (χ4n) is 1.71. The van der Waals surface area contributed by atoms with E-state index in [1.807, 2.05) is 17.5 Å². The Morgan fingerprint density at radius 2 is 2.37 bits per heavy atom. The standard InChI is InChI=1S/C12H14N2O3S2/c15-10-4-3-9(12(17)14-10)13-11(16)7-18-6-8-2-1-5-19-8/h1-2,5,9H,3-4,6-7H2,(H,13,16)(H,14,15,17). The normalized spacial score (nSPS) is 19.1. The highest BCUT2D eigenvalue weighted by Gasteiger charge is 2.27. The summed E-state index contributed by atoms with van der Waals surface area (Å²) in [6.07, 6.45) is 0.658. The van der Waals surface area contributed by atoms with Crippen LogP contribution in [0, 0.1) is 0 Å². The predicted octanol–water partition coefficient (Wildman–Crippen LogP) is 0.903. The highest BCUT2D eigenvalue weighted by Crippen LogP contribution is 2.16. The molecule has 0 radical (unpaired) electrons. The van der Waals surface area contributed by atoms with Crippen LogP contribution in [0.3, 0.4) is 0 Å². The number of piperidine rings is 1. The molecule has 1 fully saturated rings. The molecule has 3 amide bonds. The summed E-state index contributed by atoms with van der Waals surface area (Å²) in [7, 11) is 0. The lowest BCUT2D eigenvalue weighted by molar-refractivity contribution is -0.136. The number of thiophene rings is 1. The van der Waals surface area contributed by atoms with Gasteiger partial charge in [-0.2, -0.15) is 0 Å². The van der Waals surface area contributed by atoms with Crippen LogP contribution in [0.15, 0.2) is 17.5 Å². The van der Waals surface area contributed by atoms with Crippen molar-refractivity contribution in [3.05, 3.63) is 22.4 Å². The molecule has 1 aliphatic rings. The summed E-state index contributed by atoms with van der Waals surface area (Å²) in [4.78, 5) is 35.3. The molecule has 1 aromatic rings. The Balaban J connectivity index is 1.69. The number of carbonyl (C=O) groups excluding carboxylic acids is 3. The van der Waals surface area contributed by atoms with Crippen molar-refractivity contribution in [1.29, 1.82) is 0 Å². The van der Waals surface area contributed by atoms with Crippen LogP contribution in [0.5, 0.6) is 0 Å². The molecule has 1 atom stereocenters. The smallest absolute Gasteiger partial charge is 0.249 e. The molecule has 1 saturated heterocycles. The van der Waals surface area contributed by atoms with Crippen LogP contribution in [-0.2, 0) is 20.1 Å². The zero-order valence-corrected chi connectivity index (χ0v) is 11.8. The van der Waals surface area contributed by atoms with E-state index in [0.717, 1.165) is 5.75 Å². The third-order valence-electron chi connectivity index (χ3n) is 2.63. The maximum atomic E-state index is 11.7. The van der Waals surface area contributed by atoms with Gasteiger partial charge in [0.15, 0.2) is 0 Å². The topological polar surface area (TPSA) is 75.3 Å². The molecule has 0 bridgehead atoms. The van der Waals surface area contributed by atoms with Crippen molar-refractivity contribution in [1.82, 2.24) is 10.6 Å². The van der Waals surface area contributed by atoms with Gasteiger partial charge in [0.1, 0.15) is 6.04 Å². The van der Waals surface area contributed by atoms with Gasteiger partial charge < -0.3 is 5.32 Å². The van der Waals surface area contributed by atoms with Gasteiger partial charge in [-0.1, -0.05) is 6.07 Å². The summed E-state index contributed by atoms with van der Waals surface area (Å²) >= 11 is 3.17. The second-order valence-electron chi connectivity index (χ2n) is 4.14. The van der Waals surface area contributed by atoms with Crippen molar-refractivity contribution in [2.75, 3.05) is 5.75 Å². The Kier molecular flexibility index (Phi) is 4.98. The maximum absolute atomic E-state index is 11.7. The lowest BCUT2D eigenvalue weighted by atomic mass is 10.1. The molecule has 102 valence electrons. The van der Waals surface area contributed by atoms with Crippen LogP contribution in [0.2, 0.25) is 0 Å². The quantitative estimate of drug-likeness (QED) is 0.792. The van der Waals surface area contributed by atoms with Gasteiger partial charge in [0.05, 0.1) is 5.75 Å². The molecule has 5 nitrogen and oxygen atoms in total. The molecule has 0 aliphatic carbocycles. The number of imide groups is 1. The number of rotatable bonds is 5. The Morgan fingerprint density at radius 3 is 3.05 bits per heavy atom. The van der Waals surface area contributed by atoms with Gasteiger partial charge in [-0.3, -0.25) is 19.7 Å². The molecule has 1 unspecified atom stereocenters. The van der Waals surface area contributed by atoms with Gasteiger partial charge in [0.2, 0.25) is 17.7 Å². The Bertz CT molecular complexity index is 473. The fourth-order valence-corrected chi connectivity index (χ4v) is 3.39. The minimum Gasteiger partial charge on any atom is -0.344 e. The summed E-state index contributed by atoms with van der Waals surface area (Å²) in [6.45, 7) is 0. The van der Waals surface area contributed by atoms with Gasteiger partial charge in [0, 0.05) is 17.1 Å². The highest BCUT2D eigenvalue weighted by molar-refractivity contribution is 7.99. The largest absolute Gasteiger partial charge is 0.344 e. The molecule has 2 heterocycles. The maximum Gasteiger partial charge on any atom is 0.249 e. The van der Waals surface area contributed by atoms with Gasteiger partial charge in [-0.05, 0) is 17.9 Å². The number of nitrogens with one attached hydrogen (secondary N) is 2. The van der Waals surface area contributed by atoms with Gasteiger partial charge >= 0.3 is 0 Å². The lowest BCUT2D eigenvalue weighted by Gasteiger charge is -2.21. The second kappa shape index (κ2) is 6.72. The molecule has 7 heteroatoms. The van der Waals surface area contributed by atoms with Crippen molar-refractivity contribution in [2.45, 2.75) is 24.6 Å². The van der Waals surface area contributed by atoms with E-state index in [-0.39, 0.29) is 18.2 Å². The first-order valence-corrected chi connectivity index (χ1v) is 7.92. The van der Waals surface area contributed by atoms with E-state index in [9.17, 15) is 14.4 Å². The van der Waals surface area contributed by atoms with Crippen LogP contribution in [0.1, 0.15) is 17.7 Å². The minimum atomic E-state index is -0.576. The van der Waals surface area contributed by atoms with Crippen LogP contribution in [-0.4, -0.2) is 29.5 Å². The first-order valence-electron chi connectivity index (χ1n) is 5.88. The van der Waals surface area contributed by atoms with Gasteiger partial charge in [-0.25, -0.2) is 0 Å². The number of amides is 3. The van der Waals surface area contributed by atoms with E-state index in [2.05, 4.69) is 10.6 Å². The Morgan fingerprint density at radius 1 is 1.53 bits per heavy atom. The van der Waals surface area contributed by atoms with E-state index in [1.54, 1.807) is 11.3 Å². The third kappa shape index (κ3) is 4.36. The molecule has 0 saturated carbocycles. The van der Waals surface area contributed by atoms with Crippen molar-refractivity contribution in [3.63, 3.8) is 0 Å². The predicted molar refractivity (Wildman–Crippen MR) is 74.8 cm³/mol. The molecule has 19 heavy (non-hydrogen) atoms. The van der Waals surface area contributed by atoms with E-state index in [4.69, 9.17) is 0 Å². The minimum absolute atomic E-state index is 0.170. The molecule has 2 rings (SSSR count). The van der Waals surface area contributed by atoms with E-state index in [1.165, 1.54) is 16.6 Å². The summed E-state index contributed by atoms with van der Waals surface area (Å²) < 4.78 is 0. The van der Waals surface area contributed by atoms with Crippen LogP contribution in [0.4, 0.5) is 0 Å². The SMILES string of the molecule is O=C1CCC(NC(=O)CSCc2cccs2)C(=O)N1. The number of carbonyl (C=O) groups is 3. The average molecular weight is 298 g/mol. The van der Waals surface area contributed by atoms with E-state index >= 15 is 0 Å². The highest BCUT2D eigenvalue weighted by atomic mass is 32.2. The zero-order valence-electron chi connectivity index (χ0n) is 10.2. The average Bonchev–Trinajstić information content (AvgIpc) is 2.86. The lowest BCUT2D eigenvalue weighted by Crippen LogP contribution is -2.52. The molecule has 1 aliphatic heterocycles. The first kappa shape index (κ1) is 14.1. The summed E-state index contributed by atoms with van der Waals surface area (Å²) in [5.41, 5.74) is 0. The third-order valence-corrected chi connectivity index (χ3v) is 4.67. The van der Waals surface area contributed by atoms with Crippen LogP contribution < -0.4 is 10.6 Å². The second-order valence-corrected chi connectivity index (χ2v) is 6.16. The first-order chi connectivity index (χ1) is 9.15. The Hall–Kier alpha value is -1.34. The van der Waals surface area contributed by atoms with Crippen molar-refractivity contribution >= 4 is 40.8 Å². The molecule has 0 spiro atoms. The van der Waals surface area contributed by atoms with Gasteiger partial charge in [0.25, 0.3) is 0 Å². The zero-order chi connectivity index (χ0) is 13.7. The molecule has 2 N–H and O–H groups in total.